The van der Waals surface area contributed by atoms with Crippen LogP contribution in [-0.2, 0) is 12.3 Å². The van der Waals surface area contributed by atoms with E-state index >= 15 is 0 Å². The summed E-state index contributed by atoms with van der Waals surface area (Å²) in [5.74, 6) is 1.44. The molecule has 1 aliphatic carbocycles. The molecule has 3 heteroatoms. The van der Waals surface area contributed by atoms with Crippen LogP contribution >= 0.6 is 11.6 Å². The Morgan fingerprint density at radius 1 is 1.60 bits per heavy atom. The molecule has 1 heterocycles. The van der Waals surface area contributed by atoms with Gasteiger partial charge in [0.25, 0.3) is 0 Å². The Morgan fingerprint density at radius 3 is 2.87 bits per heavy atom. The van der Waals surface area contributed by atoms with E-state index in [0.29, 0.717) is 11.9 Å². The lowest BCUT2D eigenvalue weighted by Crippen LogP contribution is -2.12. The van der Waals surface area contributed by atoms with Gasteiger partial charge in [-0.15, -0.1) is 11.6 Å². The molecule has 84 valence electrons. The van der Waals surface area contributed by atoms with Crippen LogP contribution in [0, 0.1) is 5.92 Å². The highest BCUT2D eigenvalue weighted by molar-refractivity contribution is 6.17. The molecule has 0 saturated heterocycles. The summed E-state index contributed by atoms with van der Waals surface area (Å²) in [6.07, 6.45) is 6.93. The largest absolute Gasteiger partial charge is 0.266 e. The molecule has 0 radical (unpaired) electrons. The second-order valence-corrected chi connectivity index (χ2v) is 4.79. The fourth-order valence-electron chi connectivity index (χ4n) is 2.18. The fraction of sp³-hybridized carbons (Fsp3) is 0.750. The van der Waals surface area contributed by atoms with Crippen molar-refractivity contribution in [2.45, 2.75) is 51.5 Å². The minimum absolute atomic E-state index is 0.559. The quantitative estimate of drug-likeness (QED) is 0.703. The number of hydrogen-bond acceptors (Lipinski definition) is 1. The zero-order valence-corrected chi connectivity index (χ0v) is 10.3. The van der Waals surface area contributed by atoms with Crippen molar-refractivity contribution in [2.24, 2.45) is 5.92 Å². The van der Waals surface area contributed by atoms with Crippen LogP contribution in [0.1, 0.15) is 50.4 Å². The summed E-state index contributed by atoms with van der Waals surface area (Å²) in [4.78, 5) is 0. The number of halogens is 1. The Labute approximate surface area is 96.6 Å². The van der Waals surface area contributed by atoms with Gasteiger partial charge in [0.2, 0.25) is 0 Å². The highest BCUT2D eigenvalue weighted by Crippen LogP contribution is 2.40. The van der Waals surface area contributed by atoms with Gasteiger partial charge in [-0.2, -0.15) is 5.10 Å². The SMILES string of the molecule is CCCc1c(CCl)cnn1C(C)C1CC1. The van der Waals surface area contributed by atoms with Crippen molar-refractivity contribution in [3.05, 3.63) is 17.5 Å². The summed E-state index contributed by atoms with van der Waals surface area (Å²) < 4.78 is 2.21. The summed E-state index contributed by atoms with van der Waals surface area (Å²) >= 11 is 5.93. The van der Waals surface area contributed by atoms with Crippen molar-refractivity contribution in [1.29, 1.82) is 0 Å². The van der Waals surface area contributed by atoms with Crippen LogP contribution in [0.5, 0.6) is 0 Å². The van der Waals surface area contributed by atoms with Crippen LogP contribution in [-0.4, -0.2) is 9.78 Å². The molecule has 15 heavy (non-hydrogen) atoms. The fourth-order valence-corrected chi connectivity index (χ4v) is 2.40. The lowest BCUT2D eigenvalue weighted by atomic mass is 10.1. The van der Waals surface area contributed by atoms with Crippen LogP contribution in [0.3, 0.4) is 0 Å². The molecule has 1 unspecified atom stereocenters. The summed E-state index contributed by atoms with van der Waals surface area (Å²) in [5, 5.41) is 4.50. The molecule has 1 fully saturated rings. The Morgan fingerprint density at radius 2 is 2.33 bits per heavy atom. The molecule has 1 aromatic heterocycles. The van der Waals surface area contributed by atoms with Gasteiger partial charge in [0.15, 0.2) is 0 Å². The van der Waals surface area contributed by atoms with E-state index in [1.165, 1.54) is 24.1 Å². The van der Waals surface area contributed by atoms with Gasteiger partial charge in [-0.25, -0.2) is 0 Å². The Balaban J connectivity index is 2.24. The summed E-state index contributed by atoms with van der Waals surface area (Å²) in [6.45, 7) is 4.49. The van der Waals surface area contributed by atoms with E-state index in [-0.39, 0.29) is 0 Å². The third-order valence-electron chi connectivity index (χ3n) is 3.31. The van der Waals surface area contributed by atoms with Gasteiger partial charge in [-0.1, -0.05) is 13.3 Å². The molecule has 1 atom stereocenters. The molecule has 0 aromatic carbocycles. The molecule has 2 rings (SSSR count). The van der Waals surface area contributed by atoms with Gasteiger partial charge < -0.3 is 0 Å². The second kappa shape index (κ2) is 4.56. The number of rotatable bonds is 5. The molecular weight excluding hydrogens is 208 g/mol. The van der Waals surface area contributed by atoms with Crippen molar-refractivity contribution in [2.75, 3.05) is 0 Å². The topological polar surface area (TPSA) is 17.8 Å². The van der Waals surface area contributed by atoms with Crippen molar-refractivity contribution in [3.63, 3.8) is 0 Å². The van der Waals surface area contributed by atoms with Crippen molar-refractivity contribution < 1.29 is 0 Å². The van der Waals surface area contributed by atoms with Crippen LogP contribution < -0.4 is 0 Å². The monoisotopic (exact) mass is 226 g/mol. The van der Waals surface area contributed by atoms with E-state index in [1.807, 2.05) is 6.20 Å². The first kappa shape index (κ1) is 11.0. The normalized spacial score (nSPS) is 18.1. The maximum atomic E-state index is 5.93. The molecule has 0 aliphatic heterocycles. The van der Waals surface area contributed by atoms with E-state index in [2.05, 4.69) is 23.6 Å². The van der Waals surface area contributed by atoms with Gasteiger partial charge in [0, 0.05) is 11.3 Å². The Kier molecular flexibility index (Phi) is 3.35. The zero-order chi connectivity index (χ0) is 10.8. The molecule has 0 bridgehead atoms. The van der Waals surface area contributed by atoms with Gasteiger partial charge in [0.05, 0.1) is 18.1 Å². The highest BCUT2D eigenvalue weighted by atomic mass is 35.5. The number of aromatic nitrogens is 2. The predicted octanol–water partition coefficient (Wildman–Crippen LogP) is 3.55. The molecule has 1 saturated carbocycles. The van der Waals surface area contributed by atoms with Crippen molar-refractivity contribution in [1.82, 2.24) is 9.78 Å². The van der Waals surface area contributed by atoms with Crippen LogP contribution in [0.2, 0.25) is 0 Å². The number of hydrogen-bond donors (Lipinski definition) is 0. The molecule has 2 nitrogen and oxygen atoms in total. The van der Waals surface area contributed by atoms with E-state index in [1.54, 1.807) is 0 Å². The van der Waals surface area contributed by atoms with Crippen molar-refractivity contribution in [3.8, 4) is 0 Å². The molecule has 1 aromatic rings. The maximum Gasteiger partial charge on any atom is 0.0536 e. The average molecular weight is 227 g/mol. The van der Waals surface area contributed by atoms with Crippen LogP contribution in [0.4, 0.5) is 0 Å². The first-order chi connectivity index (χ1) is 7.27. The minimum atomic E-state index is 0.559. The van der Waals surface area contributed by atoms with Gasteiger partial charge in [0.1, 0.15) is 0 Å². The van der Waals surface area contributed by atoms with Gasteiger partial charge in [-0.3, -0.25) is 4.68 Å². The third-order valence-corrected chi connectivity index (χ3v) is 3.59. The first-order valence-corrected chi connectivity index (χ1v) is 6.42. The molecule has 0 amide bonds. The standard InChI is InChI=1S/C12H19ClN2/c1-3-4-12-11(7-13)8-14-15(12)9(2)10-5-6-10/h8-10H,3-7H2,1-2H3. The molecular formula is C12H19ClN2. The van der Waals surface area contributed by atoms with Gasteiger partial charge >= 0.3 is 0 Å². The lowest BCUT2D eigenvalue weighted by molar-refractivity contribution is 0.424. The Hall–Kier alpha value is -0.500. The predicted molar refractivity (Wildman–Crippen MR) is 63.2 cm³/mol. The summed E-state index contributed by atoms with van der Waals surface area (Å²) in [5.41, 5.74) is 2.57. The van der Waals surface area contributed by atoms with Crippen LogP contribution in [0.25, 0.3) is 0 Å². The molecule has 0 N–H and O–H groups in total. The summed E-state index contributed by atoms with van der Waals surface area (Å²) in [6, 6.07) is 0.559. The number of nitrogens with zero attached hydrogens (tertiary/aromatic N) is 2. The molecule has 1 aliphatic rings. The van der Waals surface area contributed by atoms with Crippen LogP contribution in [0.15, 0.2) is 6.20 Å². The van der Waals surface area contributed by atoms with Gasteiger partial charge in [-0.05, 0) is 32.1 Å². The zero-order valence-electron chi connectivity index (χ0n) is 9.54. The number of alkyl halides is 1. The summed E-state index contributed by atoms with van der Waals surface area (Å²) in [7, 11) is 0. The lowest BCUT2D eigenvalue weighted by Gasteiger charge is -2.15. The average Bonchev–Trinajstić information content (AvgIpc) is 3.00. The second-order valence-electron chi connectivity index (χ2n) is 4.52. The van der Waals surface area contributed by atoms with E-state index in [0.717, 1.165) is 18.8 Å². The maximum absolute atomic E-state index is 5.93. The highest BCUT2D eigenvalue weighted by Gasteiger charge is 2.30. The van der Waals surface area contributed by atoms with E-state index in [4.69, 9.17) is 11.6 Å². The van der Waals surface area contributed by atoms with E-state index in [9.17, 15) is 0 Å². The molecule has 0 spiro atoms. The van der Waals surface area contributed by atoms with E-state index < -0.39 is 0 Å². The third kappa shape index (κ3) is 2.20. The first-order valence-electron chi connectivity index (χ1n) is 5.89. The minimum Gasteiger partial charge on any atom is -0.266 e. The Bertz CT molecular complexity index is 328. The smallest absolute Gasteiger partial charge is 0.0536 e. The van der Waals surface area contributed by atoms with Crippen molar-refractivity contribution >= 4 is 11.6 Å².